The quantitative estimate of drug-likeness (QED) is 0.432. The number of anilines is 1. The fourth-order valence-electron chi connectivity index (χ4n) is 1.75. The monoisotopic (exact) mass is 308 g/mol. The Morgan fingerprint density at radius 3 is 2.27 bits per heavy atom. The molecular formula is C16H28N4O2. The lowest BCUT2D eigenvalue weighted by atomic mass is 10.0. The van der Waals surface area contributed by atoms with Gasteiger partial charge in [-0.05, 0) is 58.4 Å². The number of benzene rings is 1. The molecule has 0 aliphatic carbocycles. The average molecular weight is 308 g/mol. The second-order valence-corrected chi connectivity index (χ2v) is 6.75. The zero-order valence-electron chi connectivity index (χ0n) is 13.9. The normalized spacial score (nSPS) is 12.1. The number of carbonyl (C=O) groups is 1. The van der Waals surface area contributed by atoms with E-state index in [0.717, 1.165) is 12.1 Å². The van der Waals surface area contributed by atoms with Crippen LogP contribution in [0.5, 0.6) is 0 Å². The lowest BCUT2D eigenvalue weighted by molar-refractivity contribution is -0.0214. The maximum absolute atomic E-state index is 12.1. The van der Waals surface area contributed by atoms with E-state index in [4.69, 9.17) is 16.3 Å². The molecular weight excluding hydrogens is 280 g/mol. The number of hydrogen-bond donors (Lipinski definition) is 4. The molecule has 0 saturated carbocycles. The first-order valence-corrected chi connectivity index (χ1v) is 7.41. The minimum Gasteiger partial charge on any atom is -0.374 e. The fraction of sp³-hybridized carbons (Fsp3) is 0.562. The topological polar surface area (TPSA) is 102 Å². The van der Waals surface area contributed by atoms with Crippen LogP contribution in [0.4, 0.5) is 5.69 Å². The minimum atomic E-state index is -0.445. The number of amides is 1. The average Bonchev–Trinajstić information content (AvgIpc) is 2.43. The van der Waals surface area contributed by atoms with Gasteiger partial charge in [-0.2, -0.15) is 0 Å². The molecule has 6 heteroatoms. The van der Waals surface area contributed by atoms with Gasteiger partial charge >= 0.3 is 0 Å². The van der Waals surface area contributed by atoms with Gasteiger partial charge in [-0.1, -0.05) is 0 Å². The molecule has 22 heavy (non-hydrogen) atoms. The van der Waals surface area contributed by atoms with E-state index >= 15 is 0 Å². The number of ether oxygens (including phenoxy) is 1. The summed E-state index contributed by atoms with van der Waals surface area (Å²) in [4.78, 5) is 12.1. The van der Waals surface area contributed by atoms with E-state index in [0.29, 0.717) is 18.7 Å². The molecule has 0 aromatic heterocycles. The number of hydrogen-bond acceptors (Lipinski definition) is 5. The standard InChI is InChI=1S/C16H28N4O2/c1-15(2,17)9-10-22-16(3,4)11-19-14(21)12-5-7-13(20-18)8-6-12/h5-8,20H,9-11,17-18H2,1-4H3,(H,19,21). The van der Waals surface area contributed by atoms with Crippen molar-refractivity contribution >= 4 is 11.6 Å². The van der Waals surface area contributed by atoms with E-state index in [9.17, 15) is 4.79 Å². The van der Waals surface area contributed by atoms with Crippen molar-refractivity contribution in [2.45, 2.75) is 45.3 Å². The van der Waals surface area contributed by atoms with Crippen molar-refractivity contribution < 1.29 is 9.53 Å². The first kappa shape index (κ1) is 18.4. The predicted molar refractivity (Wildman–Crippen MR) is 89.5 cm³/mol. The third-order valence-corrected chi connectivity index (χ3v) is 3.23. The Hall–Kier alpha value is -1.63. The van der Waals surface area contributed by atoms with E-state index in [2.05, 4.69) is 10.7 Å². The summed E-state index contributed by atoms with van der Waals surface area (Å²) in [6.07, 6.45) is 0.762. The lowest BCUT2D eigenvalue weighted by Gasteiger charge is -2.28. The largest absolute Gasteiger partial charge is 0.374 e. The molecule has 0 saturated heterocycles. The summed E-state index contributed by atoms with van der Waals surface area (Å²) >= 11 is 0. The first-order chi connectivity index (χ1) is 10.1. The number of nitrogens with one attached hydrogen (secondary N) is 2. The van der Waals surface area contributed by atoms with Crippen LogP contribution >= 0.6 is 0 Å². The van der Waals surface area contributed by atoms with Crippen LogP contribution in [0.15, 0.2) is 24.3 Å². The van der Waals surface area contributed by atoms with Gasteiger partial charge in [0.1, 0.15) is 0 Å². The Morgan fingerprint density at radius 2 is 1.77 bits per heavy atom. The summed E-state index contributed by atoms with van der Waals surface area (Å²) < 4.78 is 5.81. The molecule has 1 amide bonds. The van der Waals surface area contributed by atoms with Crippen molar-refractivity contribution in [1.29, 1.82) is 0 Å². The van der Waals surface area contributed by atoms with E-state index in [1.165, 1.54) is 0 Å². The van der Waals surface area contributed by atoms with Crippen LogP contribution in [0, 0.1) is 0 Å². The van der Waals surface area contributed by atoms with Crippen molar-refractivity contribution in [1.82, 2.24) is 5.32 Å². The SMILES string of the molecule is CC(C)(N)CCOC(C)(C)CNC(=O)c1ccc(NN)cc1. The number of carbonyl (C=O) groups excluding carboxylic acids is 1. The highest BCUT2D eigenvalue weighted by molar-refractivity contribution is 5.94. The van der Waals surface area contributed by atoms with E-state index in [-0.39, 0.29) is 11.4 Å². The predicted octanol–water partition coefficient (Wildman–Crippen LogP) is 1.62. The first-order valence-electron chi connectivity index (χ1n) is 7.41. The summed E-state index contributed by atoms with van der Waals surface area (Å²) in [6.45, 7) is 8.80. The maximum Gasteiger partial charge on any atom is 0.251 e. The molecule has 124 valence electrons. The Kier molecular flexibility index (Phi) is 6.34. The molecule has 0 spiro atoms. The third kappa shape index (κ3) is 6.89. The fourth-order valence-corrected chi connectivity index (χ4v) is 1.75. The summed E-state index contributed by atoms with van der Waals surface area (Å²) in [5, 5.41) is 2.88. The second kappa shape index (κ2) is 7.58. The molecule has 0 aliphatic rings. The van der Waals surface area contributed by atoms with Crippen molar-refractivity contribution in [3.05, 3.63) is 29.8 Å². The Labute approximate surface area is 132 Å². The van der Waals surface area contributed by atoms with Crippen molar-refractivity contribution in [3.63, 3.8) is 0 Å². The smallest absolute Gasteiger partial charge is 0.251 e. The van der Waals surface area contributed by atoms with Gasteiger partial charge in [-0.15, -0.1) is 0 Å². The zero-order chi connectivity index (χ0) is 16.8. The Bertz CT molecular complexity index is 478. The number of rotatable bonds is 8. The molecule has 6 N–H and O–H groups in total. The van der Waals surface area contributed by atoms with Crippen molar-refractivity contribution in [3.8, 4) is 0 Å². The van der Waals surface area contributed by atoms with Gasteiger partial charge in [0.2, 0.25) is 0 Å². The molecule has 1 rings (SSSR count). The number of nitrogens with two attached hydrogens (primary N) is 2. The van der Waals surface area contributed by atoms with Crippen LogP contribution in [0.1, 0.15) is 44.5 Å². The van der Waals surface area contributed by atoms with Gasteiger partial charge in [0.25, 0.3) is 5.91 Å². The minimum absolute atomic E-state index is 0.139. The summed E-state index contributed by atoms with van der Waals surface area (Å²) in [6, 6.07) is 6.93. The summed E-state index contributed by atoms with van der Waals surface area (Å²) in [5.41, 5.74) is 9.08. The molecule has 1 aromatic carbocycles. The highest BCUT2D eigenvalue weighted by Crippen LogP contribution is 2.12. The number of nitrogen functional groups attached to an aromatic ring is 1. The molecule has 0 heterocycles. The number of hydrazine groups is 1. The summed E-state index contributed by atoms with van der Waals surface area (Å²) in [7, 11) is 0. The van der Waals surface area contributed by atoms with Crippen LogP contribution in [-0.2, 0) is 4.74 Å². The molecule has 0 aliphatic heterocycles. The highest BCUT2D eigenvalue weighted by atomic mass is 16.5. The lowest BCUT2D eigenvalue weighted by Crippen LogP contribution is -2.42. The van der Waals surface area contributed by atoms with E-state index < -0.39 is 5.60 Å². The van der Waals surface area contributed by atoms with Crippen LogP contribution < -0.4 is 22.3 Å². The van der Waals surface area contributed by atoms with Gasteiger partial charge < -0.3 is 21.2 Å². The second-order valence-electron chi connectivity index (χ2n) is 6.75. The zero-order valence-corrected chi connectivity index (χ0v) is 13.9. The molecule has 0 bridgehead atoms. The van der Waals surface area contributed by atoms with Gasteiger partial charge in [-0.25, -0.2) is 0 Å². The highest BCUT2D eigenvalue weighted by Gasteiger charge is 2.21. The molecule has 0 fully saturated rings. The molecule has 6 nitrogen and oxygen atoms in total. The molecule has 1 aromatic rings. The Morgan fingerprint density at radius 1 is 1.18 bits per heavy atom. The van der Waals surface area contributed by atoms with Crippen LogP contribution in [-0.4, -0.2) is 30.2 Å². The van der Waals surface area contributed by atoms with E-state index in [1.807, 2.05) is 27.7 Å². The van der Waals surface area contributed by atoms with Gasteiger partial charge in [0.15, 0.2) is 0 Å². The Balaban J connectivity index is 2.44. The maximum atomic E-state index is 12.1. The third-order valence-electron chi connectivity index (χ3n) is 3.23. The molecule has 0 unspecified atom stereocenters. The van der Waals surface area contributed by atoms with Crippen molar-refractivity contribution in [2.75, 3.05) is 18.6 Å². The van der Waals surface area contributed by atoms with Crippen LogP contribution in [0.25, 0.3) is 0 Å². The van der Waals surface area contributed by atoms with Gasteiger partial charge in [0.05, 0.1) is 5.60 Å². The van der Waals surface area contributed by atoms with Crippen LogP contribution in [0.3, 0.4) is 0 Å². The molecule has 0 radical (unpaired) electrons. The van der Waals surface area contributed by atoms with Crippen LogP contribution in [0.2, 0.25) is 0 Å². The van der Waals surface area contributed by atoms with Gasteiger partial charge in [-0.3, -0.25) is 10.6 Å². The van der Waals surface area contributed by atoms with E-state index in [1.54, 1.807) is 24.3 Å². The van der Waals surface area contributed by atoms with Crippen molar-refractivity contribution in [2.24, 2.45) is 11.6 Å². The molecule has 0 atom stereocenters. The summed E-state index contributed by atoms with van der Waals surface area (Å²) in [5.74, 6) is 5.15. The van der Waals surface area contributed by atoms with Gasteiger partial charge in [0, 0.05) is 29.9 Å².